The number of nitrogens with zero attached hydrogens (tertiary/aromatic N) is 4. The smallest absolute Gasteiger partial charge is 0.240 e. The number of carbonyl (C=O) groups is 1. The van der Waals surface area contributed by atoms with Gasteiger partial charge in [-0.2, -0.15) is 5.10 Å². The van der Waals surface area contributed by atoms with Crippen molar-refractivity contribution in [2.75, 3.05) is 25.0 Å². The highest BCUT2D eigenvalue weighted by molar-refractivity contribution is 7.13. The molecule has 7 heteroatoms. The Morgan fingerprint density at radius 2 is 2.48 bits per heavy atom. The molecule has 1 aliphatic heterocycles. The summed E-state index contributed by atoms with van der Waals surface area (Å²) in [6, 6.07) is 0. The largest absolute Gasteiger partial charge is 0.301 e. The summed E-state index contributed by atoms with van der Waals surface area (Å²) in [7, 11) is 1.94. The van der Waals surface area contributed by atoms with Crippen LogP contribution < -0.4 is 5.32 Å². The topological polar surface area (TPSA) is 63.1 Å². The number of nitrogens with one attached hydrogen (secondary N) is 1. The number of thiazole rings is 1. The fourth-order valence-corrected chi connectivity index (χ4v) is 3.33. The zero-order valence-corrected chi connectivity index (χ0v) is 12.8. The molecule has 0 saturated carbocycles. The number of anilines is 1. The van der Waals surface area contributed by atoms with Crippen molar-refractivity contribution in [2.45, 2.75) is 12.8 Å². The van der Waals surface area contributed by atoms with Gasteiger partial charge in [0.1, 0.15) is 0 Å². The second-order valence-electron chi connectivity index (χ2n) is 5.50. The molecule has 0 bridgehead atoms. The number of amides is 1. The molecule has 21 heavy (non-hydrogen) atoms. The number of carbonyl (C=O) groups excluding carboxylic acids is 1. The zero-order valence-electron chi connectivity index (χ0n) is 12.0. The molecule has 0 radical (unpaired) electrons. The van der Waals surface area contributed by atoms with Gasteiger partial charge in [-0.1, -0.05) is 0 Å². The molecule has 2 aromatic rings. The van der Waals surface area contributed by atoms with Crippen LogP contribution in [0.4, 0.5) is 5.13 Å². The van der Waals surface area contributed by atoms with E-state index >= 15 is 0 Å². The molecule has 1 aliphatic rings. The van der Waals surface area contributed by atoms with Gasteiger partial charge in [-0.05, 0) is 30.9 Å². The highest BCUT2D eigenvalue weighted by atomic mass is 32.1. The summed E-state index contributed by atoms with van der Waals surface area (Å²) >= 11 is 1.44. The molecular formula is C14H19N5OS. The second-order valence-corrected chi connectivity index (χ2v) is 6.40. The van der Waals surface area contributed by atoms with E-state index < -0.39 is 0 Å². The molecule has 0 aliphatic carbocycles. The molecule has 1 N–H and O–H groups in total. The van der Waals surface area contributed by atoms with Crippen LogP contribution in [0, 0.1) is 5.92 Å². The fraction of sp³-hybridized carbons (Fsp3) is 0.500. The Labute approximate surface area is 127 Å². The fourth-order valence-electron chi connectivity index (χ4n) is 2.78. The SMILES string of the molecule is Cn1cc(CC2CCN(CC(=O)Nc3nccs3)C2)cn1. The molecule has 1 fully saturated rings. The quantitative estimate of drug-likeness (QED) is 0.906. The summed E-state index contributed by atoms with van der Waals surface area (Å²) in [5, 5.41) is 9.56. The molecule has 2 aromatic heterocycles. The minimum absolute atomic E-state index is 0.0203. The minimum Gasteiger partial charge on any atom is -0.301 e. The normalized spacial score (nSPS) is 19.0. The molecule has 0 aromatic carbocycles. The minimum atomic E-state index is 0.0203. The predicted molar refractivity (Wildman–Crippen MR) is 82.2 cm³/mol. The van der Waals surface area contributed by atoms with Crippen molar-refractivity contribution < 1.29 is 4.79 Å². The van der Waals surface area contributed by atoms with Gasteiger partial charge in [0, 0.05) is 31.4 Å². The third-order valence-electron chi connectivity index (χ3n) is 3.70. The maximum absolute atomic E-state index is 11.9. The van der Waals surface area contributed by atoms with E-state index in [0.717, 1.165) is 25.9 Å². The average molecular weight is 305 g/mol. The first-order valence-electron chi connectivity index (χ1n) is 7.08. The van der Waals surface area contributed by atoms with Crippen LogP contribution in [-0.4, -0.2) is 45.2 Å². The lowest BCUT2D eigenvalue weighted by Crippen LogP contribution is -2.31. The molecule has 0 spiro atoms. The van der Waals surface area contributed by atoms with Gasteiger partial charge in [0.05, 0.1) is 12.7 Å². The van der Waals surface area contributed by atoms with Crippen LogP contribution in [0.2, 0.25) is 0 Å². The van der Waals surface area contributed by atoms with Gasteiger partial charge in [0.15, 0.2) is 5.13 Å². The Morgan fingerprint density at radius 1 is 1.57 bits per heavy atom. The summed E-state index contributed by atoms with van der Waals surface area (Å²) in [6.45, 7) is 2.40. The third-order valence-corrected chi connectivity index (χ3v) is 4.39. The summed E-state index contributed by atoms with van der Waals surface area (Å²) in [6.07, 6.45) is 7.87. The highest BCUT2D eigenvalue weighted by Gasteiger charge is 2.24. The Balaban J connectivity index is 1.45. The molecule has 3 heterocycles. The van der Waals surface area contributed by atoms with Crippen molar-refractivity contribution in [1.29, 1.82) is 0 Å². The molecule has 1 atom stereocenters. The standard InChI is InChI=1S/C14H19N5OS/c1-18-8-12(7-16-18)6-11-2-4-19(9-11)10-13(20)17-14-15-3-5-21-14/h3,5,7-8,11H,2,4,6,9-10H2,1H3,(H,15,17,20). The van der Waals surface area contributed by atoms with Crippen molar-refractivity contribution in [3.63, 3.8) is 0 Å². The molecule has 1 amide bonds. The Kier molecular flexibility index (Phi) is 4.31. The molecule has 1 saturated heterocycles. The first-order valence-corrected chi connectivity index (χ1v) is 7.96. The highest BCUT2D eigenvalue weighted by Crippen LogP contribution is 2.20. The summed E-state index contributed by atoms with van der Waals surface area (Å²) in [5.74, 6) is 0.633. The van der Waals surface area contributed by atoms with Gasteiger partial charge in [0.2, 0.25) is 5.91 Å². The third kappa shape index (κ3) is 3.89. The van der Waals surface area contributed by atoms with E-state index in [1.54, 1.807) is 6.20 Å². The number of likely N-dealkylation sites (tertiary alicyclic amines) is 1. The van der Waals surface area contributed by atoms with Gasteiger partial charge in [-0.3, -0.25) is 14.4 Å². The lowest BCUT2D eigenvalue weighted by Gasteiger charge is -2.14. The monoisotopic (exact) mass is 305 g/mol. The Morgan fingerprint density at radius 3 is 3.19 bits per heavy atom. The molecule has 3 rings (SSSR count). The van der Waals surface area contributed by atoms with Gasteiger partial charge >= 0.3 is 0 Å². The van der Waals surface area contributed by atoms with E-state index in [1.165, 1.54) is 16.9 Å². The van der Waals surface area contributed by atoms with Crippen molar-refractivity contribution in [3.05, 3.63) is 29.5 Å². The van der Waals surface area contributed by atoms with E-state index in [1.807, 2.05) is 23.3 Å². The Bertz CT molecular complexity index is 594. The summed E-state index contributed by atoms with van der Waals surface area (Å²) < 4.78 is 1.84. The molecule has 1 unspecified atom stereocenters. The molecule has 6 nitrogen and oxygen atoms in total. The number of hydrogen-bond donors (Lipinski definition) is 1. The van der Waals surface area contributed by atoms with Gasteiger partial charge in [-0.15, -0.1) is 11.3 Å². The summed E-state index contributed by atoms with van der Waals surface area (Å²) in [5.41, 5.74) is 1.27. The van der Waals surface area contributed by atoms with Crippen LogP contribution in [0.15, 0.2) is 24.0 Å². The van der Waals surface area contributed by atoms with Gasteiger partial charge in [0.25, 0.3) is 0 Å². The van der Waals surface area contributed by atoms with Crippen LogP contribution in [0.3, 0.4) is 0 Å². The van der Waals surface area contributed by atoms with E-state index in [-0.39, 0.29) is 5.91 Å². The van der Waals surface area contributed by atoms with E-state index in [9.17, 15) is 4.79 Å². The molecular weight excluding hydrogens is 286 g/mol. The van der Waals surface area contributed by atoms with Gasteiger partial charge in [-0.25, -0.2) is 4.98 Å². The zero-order chi connectivity index (χ0) is 14.7. The summed E-state index contributed by atoms with van der Waals surface area (Å²) in [4.78, 5) is 18.2. The predicted octanol–water partition coefficient (Wildman–Crippen LogP) is 1.38. The number of aromatic nitrogens is 3. The molecule has 112 valence electrons. The first-order chi connectivity index (χ1) is 10.2. The second kappa shape index (κ2) is 6.36. The van der Waals surface area contributed by atoms with E-state index in [2.05, 4.69) is 26.5 Å². The first kappa shape index (κ1) is 14.2. The van der Waals surface area contributed by atoms with Crippen molar-refractivity contribution in [3.8, 4) is 0 Å². The van der Waals surface area contributed by atoms with Crippen molar-refractivity contribution in [2.24, 2.45) is 13.0 Å². The van der Waals surface area contributed by atoms with Crippen LogP contribution in [-0.2, 0) is 18.3 Å². The average Bonchev–Trinajstić information content (AvgIpc) is 3.14. The lowest BCUT2D eigenvalue weighted by molar-refractivity contribution is -0.117. The van der Waals surface area contributed by atoms with Gasteiger partial charge < -0.3 is 5.32 Å². The van der Waals surface area contributed by atoms with Crippen molar-refractivity contribution in [1.82, 2.24) is 19.7 Å². The number of rotatable bonds is 5. The maximum atomic E-state index is 11.9. The van der Waals surface area contributed by atoms with E-state index in [0.29, 0.717) is 17.6 Å². The van der Waals surface area contributed by atoms with Crippen LogP contribution in [0.25, 0.3) is 0 Å². The number of hydrogen-bond acceptors (Lipinski definition) is 5. The van der Waals surface area contributed by atoms with Crippen molar-refractivity contribution >= 4 is 22.4 Å². The lowest BCUT2D eigenvalue weighted by atomic mass is 10.0. The Hall–Kier alpha value is -1.73. The van der Waals surface area contributed by atoms with Crippen LogP contribution >= 0.6 is 11.3 Å². The van der Waals surface area contributed by atoms with E-state index in [4.69, 9.17) is 0 Å². The van der Waals surface area contributed by atoms with Crippen LogP contribution in [0.5, 0.6) is 0 Å². The van der Waals surface area contributed by atoms with Crippen LogP contribution in [0.1, 0.15) is 12.0 Å². The number of aryl methyl sites for hydroxylation is 1. The maximum Gasteiger partial charge on any atom is 0.240 e.